The highest BCUT2D eigenvalue weighted by Crippen LogP contribution is 2.26. The predicted molar refractivity (Wildman–Crippen MR) is 112 cm³/mol. The van der Waals surface area contributed by atoms with E-state index in [1.807, 2.05) is 37.2 Å². The summed E-state index contributed by atoms with van der Waals surface area (Å²) < 4.78 is 2.06. The quantitative estimate of drug-likeness (QED) is 0.659. The fraction of sp³-hybridized carbons (Fsp3) is 0.550. The van der Waals surface area contributed by atoms with Crippen molar-refractivity contribution in [1.29, 1.82) is 0 Å². The smallest absolute Gasteiger partial charge is 0.230 e. The highest BCUT2D eigenvalue weighted by Gasteiger charge is 2.20. The van der Waals surface area contributed by atoms with Gasteiger partial charge in [0, 0.05) is 20.1 Å². The number of benzene rings is 1. The molecule has 27 heavy (non-hydrogen) atoms. The third-order valence-corrected chi connectivity index (χ3v) is 5.08. The van der Waals surface area contributed by atoms with Gasteiger partial charge in [-0.2, -0.15) is 0 Å². The number of nitrogens with zero attached hydrogens (tertiary/aromatic N) is 4. The number of carbonyl (C=O) groups excluding carboxylic acids is 1. The van der Waals surface area contributed by atoms with Gasteiger partial charge < -0.3 is 10.2 Å². The molecule has 1 aromatic heterocycles. The van der Waals surface area contributed by atoms with Crippen molar-refractivity contribution in [3.05, 3.63) is 35.9 Å². The number of rotatable bonds is 9. The molecule has 1 N–H and O–H groups in total. The normalized spacial score (nSPS) is 12.4. The molecule has 1 unspecified atom stereocenters. The van der Waals surface area contributed by atoms with Crippen LogP contribution in [-0.4, -0.2) is 40.5 Å². The average Bonchev–Trinajstić information content (AvgIpc) is 3.04. The zero-order valence-electron chi connectivity index (χ0n) is 17.1. The van der Waals surface area contributed by atoms with E-state index in [4.69, 9.17) is 0 Å². The van der Waals surface area contributed by atoms with Crippen LogP contribution < -0.4 is 10.2 Å². The number of hydrogen-bond acceptors (Lipinski definition) is 5. The Morgan fingerprint density at radius 1 is 1.15 bits per heavy atom. The lowest BCUT2D eigenvalue weighted by molar-refractivity contribution is -0.119. The summed E-state index contributed by atoms with van der Waals surface area (Å²) in [6, 6.07) is 10.4. The highest BCUT2D eigenvalue weighted by molar-refractivity contribution is 7.99. The van der Waals surface area contributed by atoms with Crippen molar-refractivity contribution in [3.63, 3.8) is 0 Å². The van der Waals surface area contributed by atoms with Gasteiger partial charge in [0.1, 0.15) is 0 Å². The predicted octanol–water partition coefficient (Wildman–Crippen LogP) is 3.92. The minimum absolute atomic E-state index is 0.0132. The van der Waals surface area contributed by atoms with Crippen molar-refractivity contribution >= 4 is 23.6 Å². The van der Waals surface area contributed by atoms with E-state index in [1.165, 1.54) is 11.8 Å². The van der Waals surface area contributed by atoms with Gasteiger partial charge in [0.05, 0.1) is 11.8 Å². The van der Waals surface area contributed by atoms with Crippen LogP contribution >= 0.6 is 11.8 Å². The molecule has 0 radical (unpaired) electrons. The summed E-state index contributed by atoms with van der Waals surface area (Å²) in [6.07, 6.45) is 0.910. The Hall–Kier alpha value is -2.02. The van der Waals surface area contributed by atoms with Gasteiger partial charge in [-0.15, -0.1) is 10.2 Å². The topological polar surface area (TPSA) is 63.1 Å². The van der Waals surface area contributed by atoms with Gasteiger partial charge >= 0.3 is 0 Å². The van der Waals surface area contributed by atoms with Gasteiger partial charge in [-0.25, -0.2) is 0 Å². The number of nitrogens with one attached hydrogen (secondary N) is 1. The van der Waals surface area contributed by atoms with E-state index < -0.39 is 0 Å². The van der Waals surface area contributed by atoms with Crippen molar-refractivity contribution in [1.82, 2.24) is 20.1 Å². The summed E-state index contributed by atoms with van der Waals surface area (Å²) >= 11 is 1.43. The van der Waals surface area contributed by atoms with Gasteiger partial charge in [0.25, 0.3) is 0 Å². The van der Waals surface area contributed by atoms with Gasteiger partial charge in [-0.3, -0.25) is 9.36 Å². The Morgan fingerprint density at radius 3 is 2.37 bits per heavy atom. The second-order valence-electron chi connectivity index (χ2n) is 7.59. The summed E-state index contributed by atoms with van der Waals surface area (Å²) in [5.41, 5.74) is 1.14. The molecule has 1 amide bonds. The fourth-order valence-electron chi connectivity index (χ4n) is 2.93. The molecule has 7 heteroatoms. The average molecular weight is 390 g/mol. The van der Waals surface area contributed by atoms with Crippen LogP contribution in [-0.2, 0) is 4.79 Å². The number of amides is 1. The molecule has 0 fully saturated rings. The van der Waals surface area contributed by atoms with Crippen LogP contribution in [0.3, 0.4) is 0 Å². The molecule has 2 aromatic rings. The molecule has 0 aliphatic heterocycles. The summed E-state index contributed by atoms with van der Waals surface area (Å²) in [5, 5.41) is 12.5. The second-order valence-corrected chi connectivity index (χ2v) is 8.53. The van der Waals surface area contributed by atoms with Crippen LogP contribution in [0.1, 0.15) is 51.8 Å². The minimum Gasteiger partial charge on any atom is -0.349 e. The fourth-order valence-corrected chi connectivity index (χ4v) is 3.80. The first-order valence-corrected chi connectivity index (χ1v) is 10.4. The summed E-state index contributed by atoms with van der Waals surface area (Å²) in [6.45, 7) is 8.53. The van der Waals surface area contributed by atoms with Crippen molar-refractivity contribution in [2.24, 2.45) is 5.92 Å². The number of aromatic nitrogens is 3. The Kier molecular flexibility index (Phi) is 7.71. The molecule has 1 atom stereocenters. The van der Waals surface area contributed by atoms with Crippen molar-refractivity contribution in [3.8, 4) is 0 Å². The van der Waals surface area contributed by atoms with E-state index in [1.54, 1.807) is 0 Å². The Labute approximate surface area is 166 Å². The van der Waals surface area contributed by atoms with Gasteiger partial charge in [0.2, 0.25) is 11.9 Å². The SMILES string of the molecule is CC(C)CC(NC(=O)CSc1nnc(N(C)C)n1C(C)C)c1ccccc1. The zero-order chi connectivity index (χ0) is 20.0. The Morgan fingerprint density at radius 2 is 1.81 bits per heavy atom. The first-order valence-electron chi connectivity index (χ1n) is 9.39. The third-order valence-electron chi connectivity index (χ3n) is 4.14. The number of carbonyl (C=O) groups is 1. The van der Waals surface area contributed by atoms with Crippen LogP contribution in [0, 0.1) is 5.92 Å². The molecule has 1 aromatic carbocycles. The van der Waals surface area contributed by atoms with Gasteiger partial charge in [0.15, 0.2) is 5.16 Å². The summed E-state index contributed by atoms with van der Waals surface area (Å²) in [7, 11) is 3.89. The molecule has 0 aliphatic carbocycles. The molecule has 0 saturated carbocycles. The van der Waals surface area contributed by atoms with Crippen LogP contribution in [0.15, 0.2) is 35.5 Å². The highest BCUT2D eigenvalue weighted by atomic mass is 32.2. The first-order chi connectivity index (χ1) is 12.8. The minimum atomic E-state index is 0.0132. The summed E-state index contributed by atoms with van der Waals surface area (Å²) in [5.74, 6) is 1.63. The molecule has 1 heterocycles. The van der Waals surface area contributed by atoms with E-state index in [0.717, 1.165) is 23.1 Å². The van der Waals surface area contributed by atoms with Gasteiger partial charge in [-0.1, -0.05) is 55.9 Å². The lowest BCUT2D eigenvalue weighted by Gasteiger charge is -2.21. The van der Waals surface area contributed by atoms with Crippen LogP contribution in [0.25, 0.3) is 0 Å². The molecule has 2 rings (SSSR count). The molecule has 6 nitrogen and oxygen atoms in total. The van der Waals surface area contributed by atoms with E-state index in [2.05, 4.69) is 59.9 Å². The molecule has 0 spiro atoms. The van der Waals surface area contributed by atoms with Crippen molar-refractivity contribution in [2.75, 3.05) is 24.7 Å². The number of hydrogen-bond donors (Lipinski definition) is 1. The van der Waals surface area contributed by atoms with Crippen LogP contribution in [0.4, 0.5) is 5.95 Å². The maximum Gasteiger partial charge on any atom is 0.230 e. The molecule has 148 valence electrons. The third kappa shape index (κ3) is 5.99. The van der Waals surface area contributed by atoms with Gasteiger partial charge in [-0.05, 0) is 31.7 Å². The van der Waals surface area contributed by atoms with Crippen LogP contribution in [0.5, 0.6) is 0 Å². The number of thioether (sulfide) groups is 1. The molecular formula is C20H31N5OS. The number of anilines is 1. The largest absolute Gasteiger partial charge is 0.349 e. The zero-order valence-corrected chi connectivity index (χ0v) is 18.0. The van der Waals surface area contributed by atoms with E-state index in [9.17, 15) is 4.79 Å². The molecule has 0 bridgehead atoms. The van der Waals surface area contributed by atoms with Crippen molar-refractivity contribution in [2.45, 2.75) is 51.4 Å². The lowest BCUT2D eigenvalue weighted by atomic mass is 9.97. The second kappa shape index (κ2) is 9.78. The monoisotopic (exact) mass is 389 g/mol. The maximum absolute atomic E-state index is 12.6. The van der Waals surface area contributed by atoms with Crippen molar-refractivity contribution < 1.29 is 4.79 Å². The van der Waals surface area contributed by atoms with E-state index >= 15 is 0 Å². The standard InChI is InChI=1S/C20H31N5OS/c1-14(2)12-17(16-10-8-7-9-11-16)21-18(26)13-27-20-23-22-19(24(5)6)25(20)15(3)4/h7-11,14-15,17H,12-13H2,1-6H3,(H,21,26). The molecule has 0 aliphatic rings. The van der Waals surface area contributed by atoms with E-state index in [-0.39, 0.29) is 18.0 Å². The molecule has 0 saturated heterocycles. The Bertz CT molecular complexity index is 727. The maximum atomic E-state index is 12.6. The van der Waals surface area contributed by atoms with E-state index in [0.29, 0.717) is 11.7 Å². The summed E-state index contributed by atoms with van der Waals surface area (Å²) in [4.78, 5) is 14.5. The lowest BCUT2D eigenvalue weighted by Crippen LogP contribution is -2.31. The Balaban J connectivity index is 2.04. The first kappa shape index (κ1) is 21.3. The van der Waals surface area contributed by atoms with Crippen LogP contribution in [0.2, 0.25) is 0 Å². The molecular weight excluding hydrogens is 358 g/mol.